The minimum atomic E-state index is 0. The summed E-state index contributed by atoms with van der Waals surface area (Å²) in [5.74, 6) is 0.897. The molecule has 0 amide bonds. The maximum absolute atomic E-state index is 2.38. The van der Waals surface area contributed by atoms with E-state index in [2.05, 4.69) is 126 Å². The van der Waals surface area contributed by atoms with Crippen LogP contribution in [0, 0.1) is 0 Å². The maximum atomic E-state index is 2.38. The number of hydrogen-bond donors (Lipinski definition) is 0. The molecule has 0 nitrogen and oxygen atoms in total. The molecule has 0 N–H and O–H groups in total. The predicted octanol–water partition coefficient (Wildman–Crippen LogP) is 3.99. The standard InChI is InChI=1S/C36H38.2ClH.Zr/c1-35(2,3)31-19-11-17-27-23-13-7-9-15-25(23)29(33(27)31)21-22-30-26-16-10-8-14-24(26)28-18-12-20-32(34(28)30)36(4,5)6;;;/h7-20,29-30H,21-22H2,1-6H3;2*1H;/q;;;+2/p-2. The van der Waals surface area contributed by atoms with E-state index in [1.165, 1.54) is 44.5 Å². The van der Waals surface area contributed by atoms with E-state index in [0.717, 1.165) is 12.8 Å². The monoisotopic (exact) mass is 630 g/mol. The average Bonchev–Trinajstić information content (AvgIpc) is 3.34. The molecule has 2 aliphatic carbocycles. The van der Waals surface area contributed by atoms with Crippen LogP contribution in [-0.4, -0.2) is 0 Å². The molecule has 39 heavy (non-hydrogen) atoms. The van der Waals surface area contributed by atoms with Gasteiger partial charge in [0.05, 0.1) is 0 Å². The molecule has 0 spiro atoms. The first kappa shape index (κ1) is 31.9. The summed E-state index contributed by atoms with van der Waals surface area (Å²) in [6, 6.07) is 32.2. The second kappa shape index (κ2) is 11.7. The van der Waals surface area contributed by atoms with E-state index in [0.29, 0.717) is 11.8 Å². The van der Waals surface area contributed by atoms with Gasteiger partial charge in [0, 0.05) is 11.8 Å². The summed E-state index contributed by atoms with van der Waals surface area (Å²) in [6.45, 7) is 14.2. The van der Waals surface area contributed by atoms with Crippen LogP contribution in [0.25, 0.3) is 22.3 Å². The molecule has 2 unspecified atom stereocenters. The van der Waals surface area contributed by atoms with E-state index in [1.807, 2.05) is 0 Å². The third-order valence-electron chi connectivity index (χ3n) is 8.52. The minimum absolute atomic E-state index is 0. The van der Waals surface area contributed by atoms with E-state index in [-0.39, 0.29) is 61.8 Å². The van der Waals surface area contributed by atoms with E-state index < -0.39 is 0 Å². The van der Waals surface area contributed by atoms with Crippen molar-refractivity contribution in [3.63, 3.8) is 0 Å². The van der Waals surface area contributed by atoms with E-state index in [4.69, 9.17) is 0 Å². The summed E-state index contributed by atoms with van der Waals surface area (Å²) in [5, 5.41) is 0. The third kappa shape index (κ3) is 5.37. The smallest absolute Gasteiger partial charge is 1.00 e. The van der Waals surface area contributed by atoms with Gasteiger partial charge in [-0.15, -0.1) is 0 Å². The van der Waals surface area contributed by atoms with Crippen molar-refractivity contribution in [1.29, 1.82) is 0 Å². The van der Waals surface area contributed by atoms with Crippen molar-refractivity contribution < 1.29 is 51.0 Å². The fourth-order valence-corrected chi connectivity index (χ4v) is 7.00. The summed E-state index contributed by atoms with van der Waals surface area (Å²) >= 11 is 0. The van der Waals surface area contributed by atoms with Crippen LogP contribution in [0.15, 0.2) is 84.9 Å². The quantitative estimate of drug-likeness (QED) is 0.321. The van der Waals surface area contributed by atoms with Crippen LogP contribution in [-0.2, 0) is 37.0 Å². The zero-order chi connectivity index (χ0) is 25.2. The topological polar surface area (TPSA) is 0 Å². The first-order valence-corrected chi connectivity index (χ1v) is 13.6. The molecule has 3 heteroatoms. The number of fused-ring (bicyclic) bond motifs is 6. The second-order valence-electron chi connectivity index (χ2n) is 12.9. The van der Waals surface area contributed by atoms with Gasteiger partial charge in [0.25, 0.3) is 0 Å². The Morgan fingerprint density at radius 1 is 0.462 bits per heavy atom. The number of benzene rings is 4. The molecule has 0 saturated heterocycles. The molecular weight excluding hydrogens is 595 g/mol. The molecule has 2 atom stereocenters. The molecule has 0 heterocycles. The molecule has 0 saturated carbocycles. The summed E-state index contributed by atoms with van der Waals surface area (Å²) in [4.78, 5) is 0. The zero-order valence-corrected chi connectivity index (χ0v) is 27.9. The molecule has 0 aromatic heterocycles. The van der Waals surface area contributed by atoms with Crippen molar-refractivity contribution in [2.75, 3.05) is 0 Å². The molecule has 6 rings (SSSR count). The van der Waals surface area contributed by atoms with Gasteiger partial charge in [-0.25, -0.2) is 0 Å². The first-order chi connectivity index (χ1) is 17.2. The van der Waals surface area contributed by atoms with Gasteiger partial charge in [0.1, 0.15) is 0 Å². The van der Waals surface area contributed by atoms with Crippen LogP contribution in [0.3, 0.4) is 0 Å². The summed E-state index contributed by atoms with van der Waals surface area (Å²) in [7, 11) is 0. The third-order valence-corrected chi connectivity index (χ3v) is 8.52. The Labute approximate surface area is 267 Å². The summed E-state index contributed by atoms with van der Waals surface area (Å²) in [6.07, 6.45) is 2.32. The van der Waals surface area contributed by atoms with Crippen LogP contribution in [0.2, 0.25) is 0 Å². The van der Waals surface area contributed by atoms with Crippen LogP contribution in [0.5, 0.6) is 0 Å². The van der Waals surface area contributed by atoms with E-state index >= 15 is 0 Å². The number of hydrogen-bond acceptors (Lipinski definition) is 0. The van der Waals surface area contributed by atoms with Gasteiger partial charge in [-0.1, -0.05) is 126 Å². The van der Waals surface area contributed by atoms with Crippen molar-refractivity contribution in [3.8, 4) is 22.3 Å². The summed E-state index contributed by atoms with van der Waals surface area (Å²) in [5.41, 5.74) is 15.2. The largest absolute Gasteiger partial charge is 2.00 e. The molecule has 0 bridgehead atoms. The molecule has 4 aromatic rings. The Kier molecular flexibility index (Phi) is 9.54. The molecule has 0 fully saturated rings. The van der Waals surface area contributed by atoms with Gasteiger partial charge in [-0.3, -0.25) is 0 Å². The van der Waals surface area contributed by atoms with Crippen molar-refractivity contribution in [3.05, 3.63) is 118 Å². The van der Waals surface area contributed by atoms with Gasteiger partial charge in [-0.2, -0.15) is 0 Å². The maximum Gasteiger partial charge on any atom is 2.00 e. The van der Waals surface area contributed by atoms with Gasteiger partial charge >= 0.3 is 26.2 Å². The SMILES string of the molecule is CC(C)(C)c1cccc2c1C(CCC1c3ccccc3-c3cccc(C(C)(C)C)c31)c1ccccc1-2.[Cl-].[Cl-].[Zr+2]. The van der Waals surface area contributed by atoms with Crippen molar-refractivity contribution in [1.82, 2.24) is 0 Å². The molecule has 2 aliphatic rings. The van der Waals surface area contributed by atoms with Crippen LogP contribution >= 0.6 is 0 Å². The van der Waals surface area contributed by atoms with E-state index in [1.54, 1.807) is 11.1 Å². The van der Waals surface area contributed by atoms with Crippen molar-refractivity contribution in [2.45, 2.75) is 77.0 Å². The van der Waals surface area contributed by atoms with Crippen molar-refractivity contribution in [2.24, 2.45) is 0 Å². The molecule has 200 valence electrons. The first-order valence-electron chi connectivity index (χ1n) is 13.6. The fraction of sp³-hybridized carbons (Fsp3) is 0.333. The second-order valence-corrected chi connectivity index (χ2v) is 12.9. The van der Waals surface area contributed by atoms with Gasteiger partial charge in [-0.05, 0) is 79.3 Å². The normalized spacial score (nSPS) is 16.6. The fourth-order valence-electron chi connectivity index (χ4n) is 7.00. The Morgan fingerprint density at radius 3 is 1.15 bits per heavy atom. The zero-order valence-electron chi connectivity index (χ0n) is 23.9. The number of rotatable bonds is 3. The Hall–Kier alpha value is -1.66. The molecule has 0 radical (unpaired) electrons. The summed E-state index contributed by atoms with van der Waals surface area (Å²) < 4.78 is 0. The van der Waals surface area contributed by atoms with Gasteiger partial charge in [0.15, 0.2) is 0 Å². The Balaban J connectivity index is 0.00000140. The van der Waals surface area contributed by atoms with Gasteiger partial charge in [0.2, 0.25) is 0 Å². The minimum Gasteiger partial charge on any atom is -1.00 e. The molecular formula is C36H38Cl2Zr. The Bertz CT molecular complexity index is 1360. The van der Waals surface area contributed by atoms with Crippen LogP contribution < -0.4 is 24.8 Å². The van der Waals surface area contributed by atoms with E-state index in [9.17, 15) is 0 Å². The van der Waals surface area contributed by atoms with Crippen molar-refractivity contribution >= 4 is 0 Å². The molecule has 0 aliphatic heterocycles. The van der Waals surface area contributed by atoms with Gasteiger partial charge < -0.3 is 24.8 Å². The molecule has 4 aromatic carbocycles. The van der Waals surface area contributed by atoms with Crippen LogP contribution in [0.1, 0.15) is 99.6 Å². The predicted molar refractivity (Wildman–Crippen MR) is 154 cm³/mol. The number of halogens is 2. The average molecular weight is 633 g/mol. The Morgan fingerprint density at radius 2 is 0.795 bits per heavy atom. The van der Waals surface area contributed by atoms with Crippen LogP contribution in [0.4, 0.5) is 0 Å².